The van der Waals surface area contributed by atoms with Gasteiger partial charge in [-0.1, -0.05) is 6.08 Å². The van der Waals surface area contributed by atoms with Crippen molar-refractivity contribution in [1.82, 2.24) is 5.32 Å². The molecule has 1 fully saturated rings. The Morgan fingerprint density at radius 3 is 2.50 bits per heavy atom. The van der Waals surface area contributed by atoms with E-state index in [-0.39, 0.29) is 5.75 Å². The van der Waals surface area contributed by atoms with Crippen LogP contribution in [0.25, 0.3) is 0 Å². The number of piperidine rings is 1. The number of ether oxygens (including phenoxy) is 1. The molecule has 2 N–H and O–H groups in total. The first kappa shape index (κ1) is 16.7. The van der Waals surface area contributed by atoms with Crippen LogP contribution < -0.4 is 15.4 Å². The predicted octanol–water partition coefficient (Wildman–Crippen LogP) is 4.29. The normalized spacial score (nSPS) is 17.4. The van der Waals surface area contributed by atoms with Gasteiger partial charge in [-0.2, -0.15) is 0 Å². The number of hydrogen-bond donors (Lipinski definition) is 2. The molecule has 0 unspecified atom stereocenters. The first-order chi connectivity index (χ1) is 10.4. The lowest BCUT2D eigenvalue weighted by atomic mass is 9.94. The Hall–Kier alpha value is -1.69. The third-order valence-electron chi connectivity index (χ3n) is 3.65. The summed E-state index contributed by atoms with van der Waals surface area (Å²) < 4.78 is 40.1. The van der Waals surface area contributed by atoms with E-state index in [1.807, 2.05) is 6.92 Å². The maximum absolute atomic E-state index is 12.1. The third kappa shape index (κ3) is 5.97. The van der Waals surface area contributed by atoms with Gasteiger partial charge >= 0.3 is 6.36 Å². The van der Waals surface area contributed by atoms with Crippen LogP contribution in [0.4, 0.5) is 18.9 Å². The van der Waals surface area contributed by atoms with Crippen molar-refractivity contribution in [2.75, 3.05) is 18.4 Å². The summed E-state index contributed by atoms with van der Waals surface area (Å²) in [6.45, 7) is 4.11. The second-order valence-electron chi connectivity index (χ2n) is 5.51. The number of alkyl halides is 3. The van der Waals surface area contributed by atoms with Crippen LogP contribution in [0.15, 0.2) is 36.0 Å². The van der Waals surface area contributed by atoms with E-state index in [1.54, 1.807) is 12.1 Å². The van der Waals surface area contributed by atoms with Crippen LogP contribution in [-0.4, -0.2) is 19.5 Å². The van der Waals surface area contributed by atoms with Crippen molar-refractivity contribution in [3.63, 3.8) is 0 Å². The molecule has 0 bridgehead atoms. The summed E-state index contributed by atoms with van der Waals surface area (Å²) in [5, 5.41) is 6.52. The highest BCUT2D eigenvalue weighted by Crippen LogP contribution is 2.24. The molecule has 0 aliphatic carbocycles. The van der Waals surface area contributed by atoms with Crippen LogP contribution in [0, 0.1) is 5.92 Å². The zero-order valence-corrected chi connectivity index (χ0v) is 12.5. The second kappa shape index (κ2) is 7.54. The Kier molecular flexibility index (Phi) is 5.71. The minimum absolute atomic E-state index is 0.214. The highest BCUT2D eigenvalue weighted by molar-refractivity contribution is 5.50. The topological polar surface area (TPSA) is 33.3 Å². The highest BCUT2D eigenvalue weighted by atomic mass is 19.4. The van der Waals surface area contributed by atoms with E-state index in [1.165, 1.54) is 25.0 Å². The standard InChI is InChI=1S/C16H21F3N2O/c1-12(2-3-13-8-10-20-11-9-13)21-14-4-6-15(7-5-14)22-16(17,18)19/h2,4-7,13,20-21H,3,8-11H2,1H3/b12-2-. The molecule has 0 spiro atoms. The second-order valence-corrected chi connectivity index (χ2v) is 5.51. The van der Waals surface area contributed by atoms with Gasteiger partial charge < -0.3 is 15.4 Å². The third-order valence-corrected chi connectivity index (χ3v) is 3.65. The number of halogens is 3. The molecule has 1 aliphatic rings. The molecule has 6 heteroatoms. The van der Waals surface area contributed by atoms with Crippen molar-refractivity contribution in [3.05, 3.63) is 36.0 Å². The van der Waals surface area contributed by atoms with E-state index < -0.39 is 6.36 Å². The van der Waals surface area contributed by atoms with Gasteiger partial charge in [0.2, 0.25) is 0 Å². The van der Waals surface area contributed by atoms with Crippen molar-refractivity contribution in [1.29, 1.82) is 0 Å². The molecule has 1 saturated heterocycles. The van der Waals surface area contributed by atoms with E-state index in [0.29, 0.717) is 5.92 Å². The Bertz CT molecular complexity index is 491. The van der Waals surface area contributed by atoms with E-state index in [9.17, 15) is 13.2 Å². The van der Waals surface area contributed by atoms with Crippen molar-refractivity contribution in [2.24, 2.45) is 5.92 Å². The summed E-state index contributed by atoms with van der Waals surface area (Å²) in [5.74, 6) is 0.495. The number of rotatable bonds is 5. The monoisotopic (exact) mass is 314 g/mol. The van der Waals surface area contributed by atoms with Gasteiger partial charge in [0.1, 0.15) is 5.75 Å². The number of hydrogen-bond acceptors (Lipinski definition) is 3. The molecular weight excluding hydrogens is 293 g/mol. The average molecular weight is 314 g/mol. The molecule has 0 saturated carbocycles. The zero-order chi connectivity index (χ0) is 16.0. The van der Waals surface area contributed by atoms with Crippen LogP contribution >= 0.6 is 0 Å². The van der Waals surface area contributed by atoms with Crippen LogP contribution in [0.1, 0.15) is 26.2 Å². The Morgan fingerprint density at radius 1 is 1.27 bits per heavy atom. The summed E-state index contributed by atoms with van der Waals surface area (Å²) in [5.41, 5.74) is 1.75. The minimum atomic E-state index is -4.65. The van der Waals surface area contributed by atoms with Crippen LogP contribution in [-0.2, 0) is 0 Å². The highest BCUT2D eigenvalue weighted by Gasteiger charge is 2.30. The molecule has 122 valence electrons. The Labute approximate surface area is 128 Å². The number of anilines is 1. The first-order valence-electron chi connectivity index (χ1n) is 7.43. The van der Waals surface area contributed by atoms with Crippen molar-refractivity contribution in [2.45, 2.75) is 32.5 Å². The molecule has 0 radical (unpaired) electrons. The van der Waals surface area contributed by atoms with Gasteiger partial charge in [-0.15, -0.1) is 13.2 Å². The Morgan fingerprint density at radius 2 is 1.91 bits per heavy atom. The summed E-state index contributed by atoms with van der Waals surface area (Å²) in [4.78, 5) is 0. The molecule has 2 rings (SSSR count). The largest absolute Gasteiger partial charge is 0.573 e. The Balaban J connectivity index is 1.84. The molecule has 3 nitrogen and oxygen atoms in total. The molecule has 0 aromatic heterocycles. The van der Waals surface area contributed by atoms with Crippen molar-refractivity contribution < 1.29 is 17.9 Å². The molecule has 0 atom stereocenters. The van der Waals surface area contributed by atoms with E-state index >= 15 is 0 Å². The molecule has 1 aromatic rings. The lowest BCUT2D eigenvalue weighted by molar-refractivity contribution is -0.274. The SMILES string of the molecule is C/C(=C/CC1CCNCC1)Nc1ccc(OC(F)(F)F)cc1. The van der Waals surface area contributed by atoms with Gasteiger partial charge in [0, 0.05) is 11.4 Å². The summed E-state index contributed by atoms with van der Waals surface area (Å²) in [6, 6.07) is 5.75. The number of benzene rings is 1. The molecule has 1 aliphatic heterocycles. The lowest BCUT2D eigenvalue weighted by Crippen LogP contribution is -2.27. The first-order valence-corrected chi connectivity index (χ1v) is 7.43. The van der Waals surface area contributed by atoms with Gasteiger partial charge in [-0.05, 0) is 69.5 Å². The van der Waals surface area contributed by atoms with E-state index in [0.717, 1.165) is 30.9 Å². The quantitative estimate of drug-likeness (QED) is 0.850. The maximum Gasteiger partial charge on any atom is 0.573 e. The van der Waals surface area contributed by atoms with Gasteiger partial charge in [0.15, 0.2) is 0 Å². The molecule has 1 aromatic carbocycles. The molecule has 1 heterocycles. The fourth-order valence-electron chi connectivity index (χ4n) is 2.48. The smallest absolute Gasteiger partial charge is 0.406 e. The molecule has 0 amide bonds. The van der Waals surface area contributed by atoms with E-state index in [4.69, 9.17) is 0 Å². The number of nitrogens with one attached hydrogen (secondary N) is 2. The molecule has 22 heavy (non-hydrogen) atoms. The summed E-state index contributed by atoms with van der Waals surface area (Å²) in [7, 11) is 0. The molecular formula is C16H21F3N2O. The van der Waals surface area contributed by atoms with Gasteiger partial charge in [-0.3, -0.25) is 0 Å². The van der Waals surface area contributed by atoms with E-state index in [2.05, 4.69) is 21.4 Å². The van der Waals surface area contributed by atoms with Gasteiger partial charge in [-0.25, -0.2) is 0 Å². The van der Waals surface area contributed by atoms with Crippen molar-refractivity contribution >= 4 is 5.69 Å². The predicted molar refractivity (Wildman–Crippen MR) is 80.7 cm³/mol. The average Bonchev–Trinajstić information content (AvgIpc) is 2.47. The summed E-state index contributed by atoms with van der Waals surface area (Å²) >= 11 is 0. The summed E-state index contributed by atoms with van der Waals surface area (Å²) in [6.07, 6.45) is 0.895. The van der Waals surface area contributed by atoms with Crippen molar-refractivity contribution in [3.8, 4) is 5.75 Å². The zero-order valence-electron chi connectivity index (χ0n) is 12.5. The minimum Gasteiger partial charge on any atom is -0.406 e. The van der Waals surface area contributed by atoms with Crippen LogP contribution in [0.5, 0.6) is 5.75 Å². The van der Waals surface area contributed by atoms with Gasteiger partial charge in [0.25, 0.3) is 0 Å². The fourth-order valence-corrected chi connectivity index (χ4v) is 2.48. The number of allylic oxidation sites excluding steroid dienone is 2. The van der Waals surface area contributed by atoms with Crippen LogP contribution in [0.3, 0.4) is 0 Å². The van der Waals surface area contributed by atoms with Crippen LogP contribution in [0.2, 0.25) is 0 Å². The maximum atomic E-state index is 12.1. The lowest BCUT2D eigenvalue weighted by Gasteiger charge is -2.21. The van der Waals surface area contributed by atoms with Gasteiger partial charge in [0.05, 0.1) is 0 Å². The fraction of sp³-hybridized carbons (Fsp3) is 0.500.